The van der Waals surface area contributed by atoms with Crippen LogP contribution < -0.4 is 0 Å². The first-order chi connectivity index (χ1) is 14.2. The van der Waals surface area contributed by atoms with Crippen molar-refractivity contribution in [3.05, 3.63) is 57.8 Å². The van der Waals surface area contributed by atoms with Gasteiger partial charge >= 0.3 is 6.18 Å². The lowest BCUT2D eigenvalue weighted by atomic mass is 10.0. The Morgan fingerprint density at radius 1 is 1.03 bits per heavy atom. The fourth-order valence-corrected chi connectivity index (χ4v) is 4.38. The number of carbonyl (C=O) groups is 2. The van der Waals surface area contributed by atoms with Crippen molar-refractivity contribution in [2.75, 3.05) is 46.8 Å². The molecule has 1 aromatic heterocycles. The summed E-state index contributed by atoms with van der Waals surface area (Å²) >= 11 is 0.582. The van der Waals surface area contributed by atoms with Crippen molar-refractivity contribution >= 4 is 23.0 Å². The maximum Gasteiger partial charge on any atom is 0.455 e. The van der Waals surface area contributed by atoms with E-state index < -0.39 is 22.7 Å². The number of thiophene rings is 1. The van der Waals surface area contributed by atoms with Crippen LogP contribution in [0.5, 0.6) is 0 Å². The van der Waals surface area contributed by atoms with Crippen LogP contribution in [0.25, 0.3) is 0 Å². The van der Waals surface area contributed by atoms with Crippen molar-refractivity contribution < 1.29 is 22.8 Å². The Labute approximate surface area is 177 Å². The zero-order valence-corrected chi connectivity index (χ0v) is 17.7. The van der Waals surface area contributed by atoms with Crippen LogP contribution in [-0.4, -0.2) is 79.4 Å². The van der Waals surface area contributed by atoms with E-state index in [0.29, 0.717) is 17.9 Å². The highest BCUT2D eigenvalue weighted by molar-refractivity contribution is 7.16. The van der Waals surface area contributed by atoms with Gasteiger partial charge in [-0.2, -0.15) is 13.2 Å². The number of amides is 1. The van der Waals surface area contributed by atoms with E-state index in [1.54, 1.807) is 11.9 Å². The number of piperazine rings is 1. The summed E-state index contributed by atoms with van der Waals surface area (Å²) in [5.74, 6) is -2.32. The SMILES string of the molecule is CN1CCN(CC(c2ccccc2)N(C)C(=O)c2ccc(C(=O)C(F)(F)F)s2)CC1. The van der Waals surface area contributed by atoms with Crippen molar-refractivity contribution in [3.63, 3.8) is 0 Å². The first-order valence-corrected chi connectivity index (χ1v) is 10.4. The highest BCUT2D eigenvalue weighted by Crippen LogP contribution is 2.29. The predicted molar refractivity (Wildman–Crippen MR) is 110 cm³/mol. The molecular weight excluding hydrogens is 415 g/mol. The van der Waals surface area contributed by atoms with E-state index >= 15 is 0 Å². The van der Waals surface area contributed by atoms with Crippen LogP contribution in [0.4, 0.5) is 13.2 Å². The van der Waals surface area contributed by atoms with E-state index in [1.165, 1.54) is 6.07 Å². The highest BCUT2D eigenvalue weighted by Gasteiger charge is 2.40. The van der Waals surface area contributed by atoms with Crippen LogP contribution in [0.1, 0.15) is 30.9 Å². The minimum atomic E-state index is -4.95. The fourth-order valence-electron chi connectivity index (χ4n) is 3.43. The van der Waals surface area contributed by atoms with E-state index in [0.717, 1.165) is 37.8 Å². The zero-order chi connectivity index (χ0) is 21.9. The first kappa shape index (κ1) is 22.5. The molecule has 1 amide bonds. The van der Waals surface area contributed by atoms with Gasteiger partial charge in [0.25, 0.3) is 11.7 Å². The van der Waals surface area contributed by atoms with Crippen molar-refractivity contribution in [3.8, 4) is 0 Å². The van der Waals surface area contributed by atoms with Gasteiger partial charge in [0.15, 0.2) is 0 Å². The van der Waals surface area contributed by atoms with E-state index in [9.17, 15) is 22.8 Å². The molecule has 1 atom stereocenters. The second-order valence-electron chi connectivity index (χ2n) is 7.44. The number of Topliss-reactive ketones (excluding diaryl/α,β-unsaturated/α-hetero) is 1. The number of halogens is 3. The van der Waals surface area contributed by atoms with Gasteiger partial charge in [0.1, 0.15) is 0 Å². The summed E-state index contributed by atoms with van der Waals surface area (Å²) in [6.45, 7) is 4.26. The standard InChI is InChI=1S/C21H24F3N3O2S/c1-25-10-12-27(13-11-25)14-16(15-6-4-3-5-7-15)26(2)20(29)18-9-8-17(30-18)19(28)21(22,23)24/h3-9,16H,10-14H2,1-2H3. The Bertz CT molecular complexity index is 877. The van der Waals surface area contributed by atoms with Gasteiger partial charge in [-0.3, -0.25) is 14.5 Å². The molecule has 0 saturated carbocycles. The number of rotatable bonds is 6. The quantitative estimate of drug-likeness (QED) is 0.646. The molecule has 30 heavy (non-hydrogen) atoms. The molecule has 1 fully saturated rings. The minimum Gasteiger partial charge on any atom is -0.333 e. The molecule has 2 aromatic rings. The summed E-state index contributed by atoms with van der Waals surface area (Å²) in [5, 5.41) is 0. The molecular formula is C21H24F3N3O2S. The number of carbonyl (C=O) groups excluding carboxylic acids is 2. The summed E-state index contributed by atoms with van der Waals surface area (Å²) in [5.41, 5.74) is 0.954. The number of hydrogen-bond acceptors (Lipinski definition) is 5. The number of ketones is 1. The Morgan fingerprint density at radius 2 is 1.63 bits per heavy atom. The fraction of sp³-hybridized carbons (Fsp3) is 0.429. The number of alkyl halides is 3. The van der Waals surface area contributed by atoms with Gasteiger partial charge in [0.2, 0.25) is 0 Å². The smallest absolute Gasteiger partial charge is 0.333 e. The Morgan fingerprint density at radius 3 is 2.23 bits per heavy atom. The summed E-state index contributed by atoms with van der Waals surface area (Å²) < 4.78 is 38.1. The Hall–Kier alpha value is -2.23. The normalized spacial score (nSPS) is 17.0. The molecule has 0 bridgehead atoms. The predicted octanol–water partition coefficient (Wildman–Crippen LogP) is 3.55. The van der Waals surface area contributed by atoms with Crippen LogP contribution in [0.15, 0.2) is 42.5 Å². The molecule has 0 aliphatic carbocycles. The van der Waals surface area contributed by atoms with Gasteiger partial charge < -0.3 is 9.80 Å². The molecule has 1 aliphatic rings. The maximum absolute atomic E-state index is 13.1. The molecule has 0 spiro atoms. The molecule has 162 valence electrons. The third kappa shape index (κ3) is 5.27. The lowest BCUT2D eigenvalue weighted by molar-refractivity contribution is -0.0882. The lowest BCUT2D eigenvalue weighted by Crippen LogP contribution is -2.48. The summed E-state index contributed by atoms with van der Waals surface area (Å²) in [6, 6.07) is 11.7. The molecule has 1 saturated heterocycles. The molecule has 2 heterocycles. The van der Waals surface area contributed by atoms with Crippen LogP contribution in [0.2, 0.25) is 0 Å². The van der Waals surface area contributed by atoms with Crippen LogP contribution >= 0.6 is 11.3 Å². The third-order valence-corrected chi connectivity index (χ3v) is 6.37. The molecule has 1 unspecified atom stereocenters. The van der Waals surface area contributed by atoms with Crippen LogP contribution in [0.3, 0.4) is 0 Å². The van der Waals surface area contributed by atoms with Crippen LogP contribution in [0, 0.1) is 0 Å². The van der Waals surface area contributed by atoms with Gasteiger partial charge in [-0.05, 0) is 24.7 Å². The van der Waals surface area contributed by atoms with Gasteiger partial charge in [-0.15, -0.1) is 11.3 Å². The van der Waals surface area contributed by atoms with Gasteiger partial charge in [-0.1, -0.05) is 30.3 Å². The molecule has 0 radical (unpaired) electrons. The third-order valence-electron chi connectivity index (χ3n) is 5.30. The van der Waals surface area contributed by atoms with Gasteiger partial charge in [-0.25, -0.2) is 0 Å². The summed E-state index contributed by atoms with van der Waals surface area (Å²) in [4.78, 5) is 30.2. The summed E-state index contributed by atoms with van der Waals surface area (Å²) in [7, 11) is 3.72. The van der Waals surface area contributed by atoms with Gasteiger partial charge in [0.05, 0.1) is 15.8 Å². The van der Waals surface area contributed by atoms with Crippen molar-refractivity contribution in [1.29, 1.82) is 0 Å². The first-order valence-electron chi connectivity index (χ1n) is 9.61. The van der Waals surface area contributed by atoms with E-state index in [4.69, 9.17) is 0 Å². The van der Waals surface area contributed by atoms with E-state index in [2.05, 4.69) is 16.8 Å². The average Bonchev–Trinajstić information content (AvgIpc) is 3.21. The Balaban J connectivity index is 1.80. The molecule has 1 aliphatic heterocycles. The molecule has 3 rings (SSSR count). The number of benzene rings is 1. The number of likely N-dealkylation sites (N-methyl/N-ethyl adjacent to an activating group) is 2. The molecule has 5 nitrogen and oxygen atoms in total. The zero-order valence-electron chi connectivity index (χ0n) is 16.9. The van der Waals surface area contributed by atoms with Crippen molar-refractivity contribution in [2.45, 2.75) is 12.2 Å². The van der Waals surface area contributed by atoms with Crippen LogP contribution in [-0.2, 0) is 0 Å². The second-order valence-corrected chi connectivity index (χ2v) is 8.52. The minimum absolute atomic E-state index is 0.115. The largest absolute Gasteiger partial charge is 0.455 e. The maximum atomic E-state index is 13.1. The lowest BCUT2D eigenvalue weighted by Gasteiger charge is -2.37. The number of hydrogen-bond donors (Lipinski definition) is 0. The highest BCUT2D eigenvalue weighted by atomic mass is 32.1. The monoisotopic (exact) mass is 439 g/mol. The molecule has 0 N–H and O–H groups in total. The summed E-state index contributed by atoms with van der Waals surface area (Å²) in [6.07, 6.45) is -4.95. The van der Waals surface area contributed by atoms with Crippen molar-refractivity contribution in [1.82, 2.24) is 14.7 Å². The second kappa shape index (κ2) is 9.28. The average molecular weight is 440 g/mol. The van der Waals surface area contributed by atoms with E-state index in [-0.39, 0.29) is 10.9 Å². The van der Waals surface area contributed by atoms with E-state index in [1.807, 2.05) is 30.3 Å². The number of nitrogens with zero attached hydrogens (tertiary/aromatic N) is 3. The van der Waals surface area contributed by atoms with Gasteiger partial charge in [0, 0.05) is 39.8 Å². The molecule has 1 aromatic carbocycles. The molecule has 9 heteroatoms. The van der Waals surface area contributed by atoms with Crippen molar-refractivity contribution in [2.24, 2.45) is 0 Å². The topological polar surface area (TPSA) is 43.9 Å². The Kier molecular flexibility index (Phi) is 6.95.